The van der Waals surface area contributed by atoms with Gasteiger partial charge in [-0.05, 0) is 74.9 Å². The summed E-state index contributed by atoms with van der Waals surface area (Å²) in [5.41, 5.74) is 1.82. The Bertz CT molecular complexity index is 2780. The Balaban J connectivity index is 0.888. The van der Waals surface area contributed by atoms with E-state index in [2.05, 4.69) is 25.3 Å². The smallest absolute Gasteiger partial charge is 0.264 e. The van der Waals surface area contributed by atoms with Crippen LogP contribution in [0.15, 0.2) is 67.4 Å². The van der Waals surface area contributed by atoms with E-state index in [9.17, 15) is 32.4 Å². The molecule has 5 amide bonds. The van der Waals surface area contributed by atoms with Crippen molar-refractivity contribution in [1.29, 1.82) is 0 Å². The molecule has 0 radical (unpaired) electrons. The third-order valence-corrected chi connectivity index (χ3v) is 13.4. The highest BCUT2D eigenvalue weighted by molar-refractivity contribution is 7.92. The highest BCUT2D eigenvalue weighted by Crippen LogP contribution is 2.37. The van der Waals surface area contributed by atoms with Crippen molar-refractivity contribution in [2.75, 3.05) is 47.4 Å². The summed E-state index contributed by atoms with van der Waals surface area (Å²) in [4.78, 5) is 82.0. The van der Waals surface area contributed by atoms with Crippen molar-refractivity contribution in [2.24, 2.45) is 0 Å². The minimum atomic E-state index is -3.87. The largest absolute Gasteiger partial charge is 0.384 e. The molecule has 20 heteroatoms. The van der Waals surface area contributed by atoms with E-state index in [0.29, 0.717) is 91.8 Å². The maximum absolute atomic E-state index is 16.1. The summed E-state index contributed by atoms with van der Waals surface area (Å²) in [6.45, 7) is 3.18. The van der Waals surface area contributed by atoms with Crippen LogP contribution in [0.5, 0.6) is 0 Å². The van der Waals surface area contributed by atoms with E-state index >= 15 is 8.78 Å². The predicted octanol–water partition coefficient (Wildman–Crippen LogP) is 5.02. The molecule has 5 aromatic rings. The number of halogens is 2. The average Bonchev–Trinajstić information content (AvgIpc) is 3.78. The summed E-state index contributed by atoms with van der Waals surface area (Å²) in [7, 11) is -1.96. The van der Waals surface area contributed by atoms with E-state index in [-0.39, 0.29) is 47.4 Å². The summed E-state index contributed by atoms with van der Waals surface area (Å²) in [6, 6.07) is 9.39. The van der Waals surface area contributed by atoms with Gasteiger partial charge in [-0.2, -0.15) is 0 Å². The number of piperidine rings is 2. The Morgan fingerprint density at radius 3 is 2.44 bits per heavy atom. The zero-order valence-corrected chi connectivity index (χ0v) is 36.0. The first-order valence-corrected chi connectivity index (χ1v) is 22.8. The molecule has 3 aromatic heterocycles. The van der Waals surface area contributed by atoms with Gasteiger partial charge >= 0.3 is 0 Å². The maximum Gasteiger partial charge on any atom is 0.264 e. The number of anilines is 3. The van der Waals surface area contributed by atoms with Gasteiger partial charge in [-0.1, -0.05) is 13.0 Å². The van der Waals surface area contributed by atoms with Crippen LogP contribution >= 0.6 is 0 Å². The van der Waals surface area contributed by atoms with Gasteiger partial charge in [0.2, 0.25) is 27.7 Å². The number of nitrogens with zero attached hydrogens (tertiary/aromatic N) is 7. The standard InChI is InChI=1S/C44H46F2N10O7S/c1-3-21-64(62,63)52-32-11-10-30(45)41(39(32)46)55-24-29(26-22-47-25-48-23-26)40-33(55)12-14-35(50-40)53(2)27-16-19-54(20-17-27)37(58)9-4-5-18-49-31-8-6-7-28-38(31)44(61)56(43(28)60)34-13-15-36(57)51-42(34)59/h6-8,10-12,14,22-25,27,34,49,52H,3-5,9,13,15-21H2,1-2H3,(H,51,57,59). The summed E-state index contributed by atoms with van der Waals surface area (Å²) < 4.78 is 60.2. The van der Waals surface area contributed by atoms with Crippen molar-refractivity contribution in [3.05, 3.63) is 90.1 Å². The Hall–Kier alpha value is -6.83. The van der Waals surface area contributed by atoms with Crippen LogP contribution in [0.25, 0.3) is 27.8 Å². The number of likely N-dealkylation sites (tertiary alicyclic amines) is 1. The van der Waals surface area contributed by atoms with Crippen LogP contribution in [0.1, 0.15) is 79.0 Å². The third kappa shape index (κ3) is 8.60. The van der Waals surface area contributed by atoms with Gasteiger partial charge in [0.15, 0.2) is 5.82 Å². The minimum Gasteiger partial charge on any atom is -0.384 e. The zero-order chi connectivity index (χ0) is 45.3. The van der Waals surface area contributed by atoms with Crippen molar-refractivity contribution in [2.45, 2.75) is 70.4 Å². The predicted molar refractivity (Wildman–Crippen MR) is 233 cm³/mol. The first-order valence-electron chi connectivity index (χ1n) is 21.1. The van der Waals surface area contributed by atoms with Crippen LogP contribution in [0, 0.1) is 11.6 Å². The zero-order valence-electron chi connectivity index (χ0n) is 35.1. The lowest BCUT2D eigenvalue weighted by Crippen LogP contribution is -2.54. The minimum absolute atomic E-state index is 0.0274. The molecule has 1 atom stereocenters. The number of amides is 5. The highest BCUT2D eigenvalue weighted by atomic mass is 32.2. The quantitative estimate of drug-likeness (QED) is 0.0935. The monoisotopic (exact) mass is 896 g/mol. The van der Waals surface area contributed by atoms with Crippen LogP contribution in [-0.2, 0) is 24.4 Å². The second-order valence-electron chi connectivity index (χ2n) is 16.0. The van der Waals surface area contributed by atoms with Crippen LogP contribution in [0.4, 0.5) is 26.0 Å². The number of aromatic nitrogens is 4. The van der Waals surface area contributed by atoms with Gasteiger partial charge in [0.25, 0.3) is 11.8 Å². The molecule has 2 saturated heterocycles. The number of benzene rings is 2. The Labute approximate surface area is 367 Å². The first-order chi connectivity index (χ1) is 30.8. The van der Waals surface area contributed by atoms with E-state index in [1.807, 2.05) is 16.8 Å². The van der Waals surface area contributed by atoms with E-state index < -0.39 is 57.0 Å². The number of unbranched alkanes of at least 4 members (excludes halogenated alkanes) is 1. The Morgan fingerprint density at radius 2 is 1.70 bits per heavy atom. The average molecular weight is 897 g/mol. The first kappa shape index (κ1) is 43.8. The maximum atomic E-state index is 16.1. The number of hydrogen-bond acceptors (Lipinski definition) is 12. The lowest BCUT2D eigenvalue weighted by atomic mass is 10.0. The van der Waals surface area contributed by atoms with Crippen LogP contribution in [0.2, 0.25) is 0 Å². The van der Waals surface area contributed by atoms with Crippen LogP contribution < -0.4 is 20.3 Å². The molecule has 8 rings (SSSR count). The number of imide groups is 2. The van der Waals surface area contributed by atoms with Gasteiger partial charge in [0.1, 0.15) is 29.7 Å². The van der Waals surface area contributed by atoms with Gasteiger partial charge in [-0.15, -0.1) is 0 Å². The number of fused-ring (bicyclic) bond motifs is 2. The van der Waals surface area contributed by atoms with Crippen LogP contribution in [0.3, 0.4) is 0 Å². The number of sulfonamides is 1. The lowest BCUT2D eigenvalue weighted by Gasteiger charge is -2.37. The third-order valence-electron chi connectivity index (χ3n) is 11.9. The molecule has 3 N–H and O–H groups in total. The van der Waals surface area contributed by atoms with Crippen molar-refractivity contribution in [3.63, 3.8) is 0 Å². The van der Waals surface area contributed by atoms with E-state index in [1.54, 1.807) is 43.6 Å². The molecular weight excluding hydrogens is 851 g/mol. The fourth-order valence-electron chi connectivity index (χ4n) is 8.59. The van der Waals surface area contributed by atoms with E-state index in [1.165, 1.54) is 23.2 Å². The molecule has 0 bridgehead atoms. The van der Waals surface area contributed by atoms with E-state index in [4.69, 9.17) is 4.98 Å². The lowest BCUT2D eigenvalue weighted by molar-refractivity contribution is -0.136. The molecular formula is C44H46F2N10O7S. The molecule has 0 saturated carbocycles. The summed E-state index contributed by atoms with van der Waals surface area (Å²) in [6.07, 6.45) is 9.30. The molecule has 2 aromatic carbocycles. The fourth-order valence-corrected chi connectivity index (χ4v) is 9.72. The topological polar surface area (TPSA) is 209 Å². The van der Waals surface area contributed by atoms with Gasteiger partial charge < -0.3 is 19.7 Å². The molecule has 334 valence electrons. The molecule has 6 heterocycles. The molecule has 0 aliphatic carbocycles. The Morgan fingerprint density at radius 1 is 0.938 bits per heavy atom. The molecule has 1 unspecified atom stereocenters. The second kappa shape index (κ2) is 18.1. The van der Waals surface area contributed by atoms with Gasteiger partial charge in [0.05, 0.1) is 33.6 Å². The van der Waals surface area contributed by atoms with Gasteiger partial charge in [-0.25, -0.2) is 32.2 Å². The summed E-state index contributed by atoms with van der Waals surface area (Å²) in [5.74, 6) is -3.88. The number of rotatable bonds is 15. The SMILES string of the molecule is CCCS(=O)(=O)Nc1ccc(F)c(-n2cc(-c3cncnc3)c3nc(N(C)C4CCN(C(=O)CCCCNc5cccc6c5C(=O)N(C5CCC(=O)NC5=O)C6=O)CC4)ccc32)c1F. The molecule has 2 fully saturated rings. The molecule has 3 aliphatic heterocycles. The number of carbonyl (C=O) groups excluding carboxylic acids is 5. The summed E-state index contributed by atoms with van der Waals surface area (Å²) >= 11 is 0. The van der Waals surface area contributed by atoms with Crippen LogP contribution in [-0.4, -0.2) is 112 Å². The van der Waals surface area contributed by atoms with Crippen molar-refractivity contribution in [1.82, 2.24) is 34.6 Å². The highest BCUT2D eigenvalue weighted by Gasteiger charge is 2.45. The second-order valence-corrected chi connectivity index (χ2v) is 17.9. The number of pyridine rings is 1. The normalized spacial score (nSPS) is 16.9. The van der Waals surface area contributed by atoms with E-state index in [0.717, 1.165) is 17.0 Å². The Kier molecular flexibility index (Phi) is 12.4. The number of carbonyl (C=O) groups is 5. The number of nitrogens with one attached hydrogen (secondary N) is 3. The number of hydrogen-bond donors (Lipinski definition) is 3. The fraction of sp³-hybridized carbons (Fsp3) is 0.364. The summed E-state index contributed by atoms with van der Waals surface area (Å²) in [5, 5.41) is 5.42. The molecule has 64 heavy (non-hydrogen) atoms. The molecule has 17 nitrogen and oxygen atoms in total. The van der Waals surface area contributed by atoms with Gasteiger partial charge in [0, 0.05) is 81.0 Å². The van der Waals surface area contributed by atoms with Crippen molar-refractivity contribution in [3.8, 4) is 16.8 Å². The van der Waals surface area contributed by atoms with Gasteiger partial charge in [-0.3, -0.25) is 38.9 Å². The molecule has 3 aliphatic rings. The van der Waals surface area contributed by atoms with Crippen molar-refractivity contribution < 1.29 is 41.2 Å². The van der Waals surface area contributed by atoms with Crippen molar-refractivity contribution >= 4 is 67.8 Å². The molecule has 0 spiro atoms.